The first-order valence-electron chi connectivity index (χ1n) is 8.72. The molecule has 0 bridgehead atoms. The number of rotatable bonds is 4. The Bertz CT molecular complexity index is 1280. The van der Waals surface area contributed by atoms with Gasteiger partial charge < -0.3 is 9.97 Å². The lowest BCUT2D eigenvalue weighted by Crippen LogP contribution is -2.33. The van der Waals surface area contributed by atoms with Crippen molar-refractivity contribution in [3.05, 3.63) is 64.2 Å². The number of imidazole rings is 1. The molecule has 1 saturated heterocycles. The zero-order valence-electron chi connectivity index (χ0n) is 15.5. The molecule has 0 radical (unpaired) electrons. The molecule has 164 valence electrons. The second kappa shape index (κ2) is 7.60. The molecule has 31 heavy (non-hydrogen) atoms. The molecule has 1 aliphatic heterocycles. The summed E-state index contributed by atoms with van der Waals surface area (Å²) in [5.41, 5.74) is 9.96. The van der Waals surface area contributed by atoms with Gasteiger partial charge in [0.25, 0.3) is 0 Å². The molecule has 3 aromatic rings. The molecule has 1 aromatic heterocycles. The largest absolute Gasteiger partial charge is 0.417 e. The van der Waals surface area contributed by atoms with Crippen molar-refractivity contribution in [1.29, 1.82) is 0 Å². The standard InChI is InChI=1S/C17H16F3N7O3S/c18-17(19,20)11-6-5-10(13(14(11)31(21,29)30)15-24-26-27-25-15)8-1-3-9(4-2-8)12-7-22-16(28)23-12/h1-7,15,24-27H,(H2,21,29,30)(H2,22,23,28). The van der Waals surface area contributed by atoms with Crippen molar-refractivity contribution in [1.82, 2.24) is 31.9 Å². The highest BCUT2D eigenvalue weighted by atomic mass is 32.2. The smallest absolute Gasteiger partial charge is 0.312 e. The lowest BCUT2D eigenvalue weighted by Gasteiger charge is -2.22. The number of benzene rings is 2. The highest BCUT2D eigenvalue weighted by Crippen LogP contribution is 2.41. The van der Waals surface area contributed by atoms with Crippen LogP contribution in [0.4, 0.5) is 13.2 Å². The molecule has 0 aliphatic carbocycles. The lowest BCUT2D eigenvalue weighted by molar-refractivity contribution is -0.140. The fourth-order valence-corrected chi connectivity index (χ4v) is 4.41. The Morgan fingerprint density at radius 1 is 0.935 bits per heavy atom. The van der Waals surface area contributed by atoms with Crippen molar-refractivity contribution < 1.29 is 21.6 Å². The van der Waals surface area contributed by atoms with Gasteiger partial charge in [-0.15, -0.1) is 0 Å². The Morgan fingerprint density at radius 3 is 2.06 bits per heavy atom. The van der Waals surface area contributed by atoms with E-state index in [0.717, 1.165) is 0 Å². The summed E-state index contributed by atoms with van der Waals surface area (Å²) >= 11 is 0. The maximum atomic E-state index is 13.6. The minimum atomic E-state index is -4.95. The molecule has 2 aromatic carbocycles. The molecule has 1 fully saturated rings. The van der Waals surface area contributed by atoms with Crippen molar-refractivity contribution in [2.75, 3.05) is 0 Å². The van der Waals surface area contributed by atoms with E-state index in [2.05, 4.69) is 31.9 Å². The van der Waals surface area contributed by atoms with E-state index in [1.807, 2.05) is 0 Å². The van der Waals surface area contributed by atoms with Crippen LogP contribution in [0.15, 0.2) is 52.3 Å². The Balaban J connectivity index is 1.92. The van der Waals surface area contributed by atoms with E-state index < -0.39 is 32.8 Å². The molecular formula is C17H16F3N7O3S. The average molecular weight is 455 g/mol. The minimum Gasteiger partial charge on any atom is -0.312 e. The van der Waals surface area contributed by atoms with Crippen molar-refractivity contribution in [2.45, 2.75) is 17.2 Å². The number of nitrogens with one attached hydrogen (secondary N) is 6. The lowest BCUT2D eigenvalue weighted by atomic mass is 9.94. The van der Waals surface area contributed by atoms with Crippen LogP contribution in [0.3, 0.4) is 0 Å². The van der Waals surface area contributed by atoms with Crippen LogP contribution in [0.1, 0.15) is 17.3 Å². The summed E-state index contributed by atoms with van der Waals surface area (Å²) in [6.45, 7) is 0. The third kappa shape index (κ3) is 4.12. The van der Waals surface area contributed by atoms with Crippen molar-refractivity contribution in [2.24, 2.45) is 5.14 Å². The molecule has 10 nitrogen and oxygen atoms in total. The number of H-pyrrole nitrogens is 2. The minimum absolute atomic E-state index is 0.210. The number of aromatic amines is 2. The van der Waals surface area contributed by atoms with Gasteiger partial charge in [-0.2, -0.15) is 24.2 Å². The predicted molar refractivity (Wildman–Crippen MR) is 104 cm³/mol. The normalized spacial score (nSPS) is 15.5. The van der Waals surface area contributed by atoms with Gasteiger partial charge in [-0.3, -0.25) is 0 Å². The molecule has 0 spiro atoms. The molecule has 14 heteroatoms. The van der Waals surface area contributed by atoms with Gasteiger partial charge in [-0.25, -0.2) is 29.2 Å². The molecular weight excluding hydrogens is 439 g/mol. The average Bonchev–Trinajstić information content (AvgIpc) is 3.37. The molecule has 1 aliphatic rings. The summed E-state index contributed by atoms with van der Waals surface area (Å²) in [6.07, 6.45) is -4.52. The van der Waals surface area contributed by atoms with Crippen molar-refractivity contribution in [3.8, 4) is 22.4 Å². The summed E-state index contributed by atoms with van der Waals surface area (Å²) in [5, 5.41) is 5.21. The summed E-state index contributed by atoms with van der Waals surface area (Å²) in [4.78, 5) is 15.3. The molecule has 0 atom stereocenters. The maximum absolute atomic E-state index is 13.6. The fraction of sp³-hybridized carbons (Fsp3) is 0.118. The van der Waals surface area contributed by atoms with Crippen molar-refractivity contribution in [3.63, 3.8) is 0 Å². The van der Waals surface area contributed by atoms with Crippen LogP contribution in [0.2, 0.25) is 0 Å². The van der Waals surface area contributed by atoms with Gasteiger partial charge in [0, 0.05) is 11.8 Å². The van der Waals surface area contributed by atoms with E-state index >= 15 is 0 Å². The van der Waals surface area contributed by atoms with Crippen LogP contribution in [0.25, 0.3) is 22.4 Å². The van der Waals surface area contributed by atoms with Gasteiger partial charge >= 0.3 is 11.9 Å². The monoisotopic (exact) mass is 455 g/mol. The Labute approximate surface area is 173 Å². The molecule has 8 N–H and O–H groups in total. The summed E-state index contributed by atoms with van der Waals surface area (Å²) < 4.78 is 65.3. The molecule has 0 amide bonds. The number of sulfonamides is 1. The van der Waals surface area contributed by atoms with Crippen LogP contribution in [0, 0.1) is 0 Å². The van der Waals surface area contributed by atoms with Crippen LogP contribution in [-0.4, -0.2) is 18.4 Å². The van der Waals surface area contributed by atoms with Crippen molar-refractivity contribution >= 4 is 10.0 Å². The summed E-state index contributed by atoms with van der Waals surface area (Å²) in [5.74, 6) is 0. The van der Waals surface area contributed by atoms with E-state index in [9.17, 15) is 26.4 Å². The number of alkyl halides is 3. The SMILES string of the molecule is NS(=O)(=O)c1c(C(F)(F)F)ccc(-c2ccc(-c3c[nH]c(=O)[nH]3)cc2)c1C1NNNN1. The quantitative estimate of drug-likeness (QED) is 0.307. The molecule has 2 heterocycles. The summed E-state index contributed by atoms with van der Waals surface area (Å²) in [6, 6.07) is 8.33. The Kier molecular flexibility index (Phi) is 5.20. The second-order valence-corrected chi connectivity index (χ2v) is 8.15. The van der Waals surface area contributed by atoms with Gasteiger partial charge in [0.05, 0.1) is 11.3 Å². The second-order valence-electron chi connectivity index (χ2n) is 6.65. The number of primary sulfonamides is 1. The van der Waals surface area contributed by atoms with E-state index in [0.29, 0.717) is 22.9 Å². The van der Waals surface area contributed by atoms with E-state index in [1.54, 1.807) is 24.3 Å². The first kappa shape index (κ1) is 21.2. The van der Waals surface area contributed by atoms with Gasteiger partial charge in [0.15, 0.2) is 0 Å². The zero-order valence-corrected chi connectivity index (χ0v) is 16.3. The molecule has 0 unspecified atom stereocenters. The Morgan fingerprint density at radius 2 is 1.55 bits per heavy atom. The number of hydrazine groups is 3. The highest BCUT2D eigenvalue weighted by Gasteiger charge is 2.40. The zero-order chi connectivity index (χ0) is 22.4. The molecule has 0 saturated carbocycles. The third-order valence-electron chi connectivity index (χ3n) is 4.67. The number of hydrogen-bond acceptors (Lipinski definition) is 7. The highest BCUT2D eigenvalue weighted by molar-refractivity contribution is 7.89. The van der Waals surface area contributed by atoms with Gasteiger partial charge in [-0.1, -0.05) is 30.3 Å². The van der Waals surface area contributed by atoms with Gasteiger partial charge in [-0.05, 0) is 22.8 Å². The molecule has 4 rings (SSSR count). The number of aromatic nitrogens is 2. The number of halogens is 3. The predicted octanol–water partition coefficient (Wildman–Crippen LogP) is 0.819. The van der Waals surface area contributed by atoms with E-state index in [-0.39, 0.29) is 16.8 Å². The van der Waals surface area contributed by atoms with E-state index in [4.69, 9.17) is 5.14 Å². The first-order valence-corrected chi connectivity index (χ1v) is 10.3. The van der Waals surface area contributed by atoms with Crippen LogP contribution < -0.4 is 32.7 Å². The number of nitrogens with two attached hydrogens (primary N) is 1. The number of hydrogen-bond donors (Lipinski definition) is 7. The fourth-order valence-electron chi connectivity index (χ4n) is 3.38. The maximum Gasteiger partial charge on any atom is 0.417 e. The van der Waals surface area contributed by atoms with Gasteiger partial charge in [0.2, 0.25) is 10.0 Å². The van der Waals surface area contributed by atoms with Crippen LogP contribution in [-0.2, 0) is 16.2 Å². The van der Waals surface area contributed by atoms with E-state index in [1.165, 1.54) is 12.3 Å². The van der Waals surface area contributed by atoms with Crippen LogP contribution in [0.5, 0.6) is 0 Å². The van der Waals surface area contributed by atoms with Crippen LogP contribution >= 0.6 is 0 Å². The third-order valence-corrected chi connectivity index (χ3v) is 5.68. The van der Waals surface area contributed by atoms with Gasteiger partial charge in [0.1, 0.15) is 11.1 Å². The Hall–Kier alpha value is -3.01. The topological polar surface area (TPSA) is 157 Å². The first-order chi connectivity index (χ1) is 14.6. The summed E-state index contributed by atoms with van der Waals surface area (Å²) in [7, 11) is -4.76.